The molecule has 0 heterocycles. The lowest BCUT2D eigenvalue weighted by atomic mass is 10.2. The van der Waals surface area contributed by atoms with Gasteiger partial charge >= 0.3 is 0 Å². The average molecular weight is 189 g/mol. The molecule has 0 fully saturated rings. The molecule has 1 rings (SSSR count). The van der Waals surface area contributed by atoms with E-state index in [2.05, 4.69) is 5.32 Å². The van der Waals surface area contributed by atoms with Gasteiger partial charge < -0.3 is 11.1 Å². The summed E-state index contributed by atoms with van der Waals surface area (Å²) in [5, 5.41) is 3.05. The fourth-order valence-electron chi connectivity index (χ4n) is 0.866. The maximum atomic E-state index is 12.6. The van der Waals surface area contributed by atoms with Crippen molar-refractivity contribution >= 4 is 11.6 Å². The van der Waals surface area contributed by atoms with Gasteiger partial charge in [0.15, 0.2) is 0 Å². The minimum Gasteiger partial charge on any atom is -0.318 e. The standard InChI is InChI=1S/C8H10ClFN2/c9-7-3-6(4-12-5-11)1-2-8(7)10/h1-3,12H,4-5,11H2. The van der Waals surface area contributed by atoms with Crippen molar-refractivity contribution in [2.75, 3.05) is 6.67 Å². The smallest absolute Gasteiger partial charge is 0.141 e. The Bertz CT molecular complexity index is 265. The number of nitrogens with two attached hydrogens (primary N) is 1. The Morgan fingerprint density at radius 1 is 1.50 bits per heavy atom. The highest BCUT2D eigenvalue weighted by atomic mass is 35.5. The monoisotopic (exact) mass is 188 g/mol. The topological polar surface area (TPSA) is 38.0 Å². The van der Waals surface area contributed by atoms with Crippen molar-refractivity contribution in [1.29, 1.82) is 0 Å². The van der Waals surface area contributed by atoms with Gasteiger partial charge in [0.25, 0.3) is 0 Å². The average Bonchev–Trinajstić information content (AvgIpc) is 2.07. The molecule has 1 aromatic carbocycles. The summed E-state index contributed by atoms with van der Waals surface area (Å²) in [4.78, 5) is 0. The molecule has 0 saturated carbocycles. The SMILES string of the molecule is NCNCc1ccc(F)c(Cl)c1. The second kappa shape index (κ2) is 4.40. The lowest BCUT2D eigenvalue weighted by Crippen LogP contribution is -2.21. The third-order valence-corrected chi connectivity index (χ3v) is 1.75. The van der Waals surface area contributed by atoms with Crippen LogP contribution in [0, 0.1) is 5.82 Å². The molecule has 0 radical (unpaired) electrons. The fraction of sp³-hybridized carbons (Fsp3) is 0.250. The van der Waals surface area contributed by atoms with E-state index in [9.17, 15) is 4.39 Å². The molecule has 3 N–H and O–H groups in total. The van der Waals surface area contributed by atoms with Gasteiger partial charge in [-0.05, 0) is 17.7 Å². The van der Waals surface area contributed by atoms with Crippen LogP contribution in [-0.4, -0.2) is 6.67 Å². The molecule has 0 bridgehead atoms. The van der Waals surface area contributed by atoms with Gasteiger partial charge in [0.2, 0.25) is 0 Å². The molecule has 0 aliphatic rings. The van der Waals surface area contributed by atoms with Crippen molar-refractivity contribution in [2.45, 2.75) is 6.54 Å². The van der Waals surface area contributed by atoms with Gasteiger partial charge in [-0.1, -0.05) is 17.7 Å². The van der Waals surface area contributed by atoms with Crippen molar-refractivity contribution in [3.63, 3.8) is 0 Å². The summed E-state index contributed by atoms with van der Waals surface area (Å²) in [6.07, 6.45) is 0. The van der Waals surface area contributed by atoms with Crippen LogP contribution in [0.4, 0.5) is 4.39 Å². The van der Waals surface area contributed by atoms with E-state index in [1.807, 2.05) is 0 Å². The van der Waals surface area contributed by atoms with Gasteiger partial charge in [-0.3, -0.25) is 0 Å². The zero-order chi connectivity index (χ0) is 8.97. The minimum absolute atomic E-state index is 0.145. The number of hydrogen-bond donors (Lipinski definition) is 2. The van der Waals surface area contributed by atoms with Crippen molar-refractivity contribution in [3.05, 3.63) is 34.6 Å². The minimum atomic E-state index is -0.395. The molecule has 12 heavy (non-hydrogen) atoms. The molecule has 0 unspecified atom stereocenters. The van der Waals surface area contributed by atoms with Gasteiger partial charge in [0, 0.05) is 13.2 Å². The molecule has 66 valence electrons. The van der Waals surface area contributed by atoms with Gasteiger partial charge in [0.05, 0.1) is 5.02 Å². The summed E-state index contributed by atoms with van der Waals surface area (Å²) < 4.78 is 12.6. The van der Waals surface area contributed by atoms with E-state index in [0.29, 0.717) is 13.2 Å². The molecule has 2 nitrogen and oxygen atoms in total. The Morgan fingerprint density at radius 3 is 2.83 bits per heavy atom. The molecule has 0 aliphatic carbocycles. The summed E-state index contributed by atoms with van der Waals surface area (Å²) in [6.45, 7) is 1.01. The van der Waals surface area contributed by atoms with Crippen LogP contribution in [0.1, 0.15) is 5.56 Å². The van der Waals surface area contributed by atoms with E-state index in [1.54, 1.807) is 12.1 Å². The van der Waals surface area contributed by atoms with E-state index in [4.69, 9.17) is 17.3 Å². The highest BCUT2D eigenvalue weighted by molar-refractivity contribution is 6.30. The van der Waals surface area contributed by atoms with E-state index >= 15 is 0 Å². The molecule has 1 aromatic rings. The molecule has 0 aliphatic heterocycles. The first kappa shape index (κ1) is 9.45. The summed E-state index contributed by atoms with van der Waals surface area (Å²) >= 11 is 5.56. The Morgan fingerprint density at radius 2 is 2.25 bits per heavy atom. The first-order chi connectivity index (χ1) is 5.74. The highest BCUT2D eigenvalue weighted by Gasteiger charge is 1.99. The van der Waals surface area contributed by atoms with Crippen LogP contribution in [0.2, 0.25) is 5.02 Å². The normalized spacial score (nSPS) is 10.2. The largest absolute Gasteiger partial charge is 0.318 e. The number of benzene rings is 1. The zero-order valence-corrected chi connectivity index (χ0v) is 7.24. The van der Waals surface area contributed by atoms with E-state index < -0.39 is 5.82 Å². The van der Waals surface area contributed by atoms with Crippen LogP contribution in [0.15, 0.2) is 18.2 Å². The fourth-order valence-corrected chi connectivity index (χ4v) is 1.07. The predicted molar refractivity (Wildman–Crippen MR) is 47.3 cm³/mol. The summed E-state index contributed by atoms with van der Waals surface area (Å²) in [7, 11) is 0. The Labute approximate surface area is 75.5 Å². The van der Waals surface area contributed by atoms with Crippen molar-refractivity contribution in [3.8, 4) is 0 Å². The predicted octanol–water partition coefficient (Wildman–Crippen LogP) is 1.48. The summed E-state index contributed by atoms with van der Waals surface area (Å²) in [5.41, 5.74) is 6.15. The molecule has 0 aromatic heterocycles. The van der Waals surface area contributed by atoms with Crippen LogP contribution >= 0.6 is 11.6 Å². The first-order valence-electron chi connectivity index (χ1n) is 3.58. The number of nitrogens with one attached hydrogen (secondary N) is 1. The van der Waals surface area contributed by atoms with E-state index in [-0.39, 0.29) is 5.02 Å². The molecule has 0 amide bonds. The van der Waals surface area contributed by atoms with Gasteiger partial charge in [-0.2, -0.15) is 0 Å². The second-order valence-electron chi connectivity index (χ2n) is 2.38. The number of rotatable bonds is 3. The molecular formula is C8H10ClFN2. The van der Waals surface area contributed by atoms with Crippen LogP contribution < -0.4 is 11.1 Å². The Balaban J connectivity index is 2.69. The second-order valence-corrected chi connectivity index (χ2v) is 2.79. The van der Waals surface area contributed by atoms with Crippen LogP contribution in [0.5, 0.6) is 0 Å². The Hall–Kier alpha value is -0.640. The molecule has 4 heteroatoms. The first-order valence-corrected chi connectivity index (χ1v) is 3.96. The van der Waals surface area contributed by atoms with Crippen molar-refractivity contribution in [2.24, 2.45) is 5.73 Å². The highest BCUT2D eigenvalue weighted by Crippen LogP contribution is 2.15. The molecule has 0 spiro atoms. The van der Waals surface area contributed by atoms with E-state index in [1.165, 1.54) is 6.07 Å². The molecular weight excluding hydrogens is 179 g/mol. The molecule has 0 atom stereocenters. The molecule has 0 saturated heterocycles. The lowest BCUT2D eigenvalue weighted by molar-refractivity contribution is 0.626. The summed E-state index contributed by atoms with van der Waals surface area (Å²) in [6, 6.07) is 4.60. The van der Waals surface area contributed by atoms with Gasteiger partial charge in [-0.15, -0.1) is 0 Å². The summed E-state index contributed by atoms with van der Waals surface area (Å²) in [5.74, 6) is -0.395. The van der Waals surface area contributed by atoms with Crippen LogP contribution in [0.25, 0.3) is 0 Å². The third kappa shape index (κ3) is 2.44. The number of halogens is 2. The lowest BCUT2D eigenvalue weighted by Gasteiger charge is -2.02. The van der Waals surface area contributed by atoms with Crippen LogP contribution in [-0.2, 0) is 6.54 Å². The van der Waals surface area contributed by atoms with Crippen LogP contribution in [0.3, 0.4) is 0 Å². The van der Waals surface area contributed by atoms with Gasteiger partial charge in [0.1, 0.15) is 5.82 Å². The van der Waals surface area contributed by atoms with Crippen molar-refractivity contribution in [1.82, 2.24) is 5.32 Å². The quantitative estimate of drug-likeness (QED) is 0.706. The maximum Gasteiger partial charge on any atom is 0.141 e. The van der Waals surface area contributed by atoms with Gasteiger partial charge in [-0.25, -0.2) is 4.39 Å². The van der Waals surface area contributed by atoms with Crippen molar-refractivity contribution < 1.29 is 4.39 Å². The zero-order valence-electron chi connectivity index (χ0n) is 6.48. The third-order valence-electron chi connectivity index (χ3n) is 1.46. The van der Waals surface area contributed by atoms with E-state index in [0.717, 1.165) is 5.56 Å². The number of hydrogen-bond acceptors (Lipinski definition) is 2. The maximum absolute atomic E-state index is 12.6. The Kier molecular flexibility index (Phi) is 3.47.